The van der Waals surface area contributed by atoms with Crippen LogP contribution in [0, 0.1) is 0 Å². The predicted molar refractivity (Wildman–Crippen MR) is 103 cm³/mol. The zero-order chi connectivity index (χ0) is 19.0. The number of oxime groups is 1. The number of carbonyl (C=O) groups is 3. The van der Waals surface area contributed by atoms with Crippen LogP contribution in [-0.2, 0) is 19.2 Å². The van der Waals surface area contributed by atoms with E-state index in [4.69, 9.17) is 17.3 Å². The molecule has 1 saturated heterocycles. The molecule has 2 atom stereocenters. The van der Waals surface area contributed by atoms with Crippen LogP contribution in [-0.4, -0.2) is 62.8 Å². The molecule has 2 amide bonds. The smallest absolute Gasteiger partial charge is 0.353 e. The first kappa shape index (κ1) is 21.3. The maximum absolute atomic E-state index is 12.5. The summed E-state index contributed by atoms with van der Waals surface area (Å²) >= 11 is 8.28. The van der Waals surface area contributed by atoms with Crippen molar-refractivity contribution in [1.29, 1.82) is 0 Å². The Balaban J connectivity index is 0.00000261. The SMILES string of the molecule is CO/N=C(\C(=O)NC1C(=O)N2C(C(=O)O)=C(Cl)CS[C@H]12)c1csc(N)n1.Cl. The number of nitrogens with one attached hydrogen (secondary N) is 1. The van der Waals surface area contributed by atoms with Gasteiger partial charge in [-0.1, -0.05) is 16.8 Å². The van der Waals surface area contributed by atoms with E-state index < -0.39 is 29.2 Å². The summed E-state index contributed by atoms with van der Waals surface area (Å²) in [4.78, 5) is 45.9. The third-order valence-corrected chi connectivity index (χ3v) is 6.00. The van der Waals surface area contributed by atoms with Crippen LogP contribution in [0.5, 0.6) is 0 Å². The van der Waals surface area contributed by atoms with Crippen molar-refractivity contribution in [3.63, 3.8) is 0 Å². The number of hydrogen-bond acceptors (Lipinski definition) is 9. The maximum Gasteiger partial charge on any atom is 0.353 e. The van der Waals surface area contributed by atoms with E-state index >= 15 is 0 Å². The predicted octanol–water partition coefficient (Wildman–Crippen LogP) is 0.433. The molecule has 1 aromatic rings. The lowest BCUT2D eigenvalue weighted by molar-refractivity contribution is -0.150. The summed E-state index contributed by atoms with van der Waals surface area (Å²) < 4.78 is 0. The number of nitrogen functional groups attached to an aromatic ring is 1. The van der Waals surface area contributed by atoms with Crippen molar-refractivity contribution in [2.75, 3.05) is 18.6 Å². The zero-order valence-corrected chi connectivity index (χ0v) is 16.7. The van der Waals surface area contributed by atoms with E-state index in [1.54, 1.807) is 0 Å². The second-order valence-electron chi connectivity index (χ2n) is 5.11. The molecular weight excluding hydrogens is 441 g/mol. The summed E-state index contributed by atoms with van der Waals surface area (Å²) in [5.74, 6) is -2.32. The number of aliphatic carboxylic acids is 1. The molecule has 2 aliphatic heterocycles. The number of anilines is 1. The highest BCUT2D eigenvalue weighted by Crippen LogP contribution is 2.41. The number of β-lactam (4-membered cyclic amide) rings is 1. The van der Waals surface area contributed by atoms with Gasteiger partial charge in [-0.05, 0) is 0 Å². The van der Waals surface area contributed by atoms with E-state index in [0.717, 1.165) is 16.2 Å². The van der Waals surface area contributed by atoms with Gasteiger partial charge in [0.25, 0.3) is 11.8 Å². The van der Waals surface area contributed by atoms with Gasteiger partial charge in [0.05, 0.1) is 5.03 Å². The Morgan fingerprint density at radius 1 is 1.56 bits per heavy atom. The Labute approximate surface area is 172 Å². The van der Waals surface area contributed by atoms with Crippen molar-refractivity contribution >= 4 is 75.7 Å². The highest BCUT2D eigenvalue weighted by molar-refractivity contribution is 8.00. The molecule has 1 aromatic heterocycles. The van der Waals surface area contributed by atoms with E-state index in [9.17, 15) is 19.5 Å². The van der Waals surface area contributed by atoms with Gasteiger partial charge in [-0.25, -0.2) is 9.78 Å². The molecular formula is C13H13Cl2N5O5S2. The van der Waals surface area contributed by atoms with Gasteiger partial charge in [0.15, 0.2) is 10.8 Å². The molecule has 1 unspecified atom stereocenters. The van der Waals surface area contributed by atoms with Crippen LogP contribution < -0.4 is 11.1 Å². The minimum Gasteiger partial charge on any atom is -0.477 e. The van der Waals surface area contributed by atoms with Crippen molar-refractivity contribution in [1.82, 2.24) is 15.2 Å². The molecule has 27 heavy (non-hydrogen) atoms. The number of carboxylic acid groups (broad SMARTS) is 1. The van der Waals surface area contributed by atoms with Crippen LogP contribution in [0.15, 0.2) is 21.3 Å². The van der Waals surface area contributed by atoms with Gasteiger partial charge in [-0.2, -0.15) is 0 Å². The molecule has 3 heterocycles. The largest absolute Gasteiger partial charge is 0.477 e. The number of fused-ring (bicyclic) bond motifs is 1. The Morgan fingerprint density at radius 3 is 2.81 bits per heavy atom. The van der Waals surface area contributed by atoms with E-state index in [1.165, 1.54) is 24.3 Å². The summed E-state index contributed by atoms with van der Waals surface area (Å²) in [6, 6.07) is -0.912. The van der Waals surface area contributed by atoms with Gasteiger partial charge < -0.3 is 21.0 Å². The lowest BCUT2D eigenvalue weighted by Gasteiger charge is -2.48. The van der Waals surface area contributed by atoms with Gasteiger partial charge in [0.2, 0.25) is 0 Å². The number of carboxylic acids is 1. The molecule has 10 nitrogen and oxygen atoms in total. The summed E-state index contributed by atoms with van der Waals surface area (Å²) in [7, 11) is 1.27. The monoisotopic (exact) mass is 453 g/mol. The third kappa shape index (κ3) is 3.83. The van der Waals surface area contributed by atoms with Gasteiger partial charge in [0, 0.05) is 11.1 Å². The lowest BCUT2D eigenvalue weighted by atomic mass is 10.0. The Bertz CT molecular complexity index is 858. The number of hydrogen-bond donors (Lipinski definition) is 3. The minimum absolute atomic E-state index is 0. The van der Waals surface area contributed by atoms with E-state index in [0.29, 0.717) is 0 Å². The van der Waals surface area contributed by atoms with Crippen LogP contribution in [0.25, 0.3) is 0 Å². The number of amides is 2. The quantitative estimate of drug-likeness (QED) is 0.330. The van der Waals surface area contributed by atoms with Crippen LogP contribution in [0.3, 0.4) is 0 Å². The van der Waals surface area contributed by atoms with E-state index in [2.05, 4.69) is 20.3 Å². The molecule has 0 saturated carbocycles. The van der Waals surface area contributed by atoms with Crippen LogP contribution >= 0.6 is 47.1 Å². The first-order chi connectivity index (χ1) is 12.3. The number of halogens is 2. The van der Waals surface area contributed by atoms with Crippen LogP contribution in [0.2, 0.25) is 0 Å². The first-order valence-corrected chi connectivity index (χ1v) is 9.35. The molecule has 0 aromatic carbocycles. The van der Waals surface area contributed by atoms with Crippen molar-refractivity contribution < 1.29 is 24.3 Å². The Hall–Kier alpha value is -2.02. The molecule has 0 aliphatic carbocycles. The third-order valence-electron chi connectivity index (χ3n) is 3.57. The zero-order valence-electron chi connectivity index (χ0n) is 13.5. The molecule has 0 bridgehead atoms. The second kappa shape index (κ2) is 8.33. The number of rotatable bonds is 5. The van der Waals surface area contributed by atoms with Gasteiger partial charge >= 0.3 is 5.97 Å². The molecule has 146 valence electrons. The van der Waals surface area contributed by atoms with Crippen molar-refractivity contribution in [2.45, 2.75) is 11.4 Å². The summed E-state index contributed by atoms with van der Waals surface area (Å²) in [5, 5.41) is 16.7. The minimum atomic E-state index is -1.29. The summed E-state index contributed by atoms with van der Waals surface area (Å²) in [6.07, 6.45) is 0. The number of aromatic nitrogens is 1. The average Bonchev–Trinajstić information content (AvgIpc) is 3.02. The Morgan fingerprint density at radius 2 is 2.26 bits per heavy atom. The number of thiazole rings is 1. The number of thioether (sulfide) groups is 1. The molecule has 4 N–H and O–H groups in total. The molecule has 14 heteroatoms. The number of carbonyl (C=O) groups excluding carboxylic acids is 2. The second-order valence-corrected chi connectivity index (χ2v) is 7.56. The van der Waals surface area contributed by atoms with Gasteiger partial charge in [0.1, 0.15) is 29.9 Å². The van der Waals surface area contributed by atoms with E-state index in [-0.39, 0.29) is 45.4 Å². The average molecular weight is 454 g/mol. The van der Waals surface area contributed by atoms with Crippen molar-refractivity contribution in [3.8, 4) is 0 Å². The molecule has 3 rings (SSSR count). The molecule has 0 spiro atoms. The fourth-order valence-electron chi connectivity index (χ4n) is 2.48. The first-order valence-electron chi connectivity index (χ1n) is 7.05. The highest BCUT2D eigenvalue weighted by atomic mass is 35.5. The van der Waals surface area contributed by atoms with Gasteiger partial charge in [-0.3, -0.25) is 14.5 Å². The number of nitrogens with two attached hydrogens (primary N) is 1. The van der Waals surface area contributed by atoms with E-state index in [1.807, 2.05) is 0 Å². The van der Waals surface area contributed by atoms with Crippen LogP contribution in [0.1, 0.15) is 5.69 Å². The topological polar surface area (TPSA) is 147 Å². The van der Waals surface area contributed by atoms with Crippen molar-refractivity contribution in [2.24, 2.45) is 5.16 Å². The lowest BCUT2D eigenvalue weighted by Crippen LogP contribution is -2.71. The summed E-state index contributed by atoms with van der Waals surface area (Å²) in [6.45, 7) is 0. The highest BCUT2D eigenvalue weighted by Gasteiger charge is 2.54. The normalized spacial score (nSPS) is 21.8. The van der Waals surface area contributed by atoms with Crippen molar-refractivity contribution in [3.05, 3.63) is 21.8 Å². The molecule has 2 aliphatic rings. The number of nitrogens with zero attached hydrogens (tertiary/aromatic N) is 3. The fourth-order valence-corrected chi connectivity index (χ4v) is 4.58. The molecule has 1 fully saturated rings. The van der Waals surface area contributed by atoms with Crippen LogP contribution in [0.4, 0.5) is 5.13 Å². The fraction of sp³-hybridized carbons (Fsp3) is 0.308. The summed E-state index contributed by atoms with van der Waals surface area (Å²) in [5.41, 5.74) is 5.37. The standard InChI is InChI=1S/C13H12ClN5O5S2.ClH/c1-24-18-6(5-3-26-13(15)16-5)9(20)17-7-10(21)19-8(12(22)23)4(14)2-25-11(7)19;/h3,7,11H,2H2,1H3,(H2,15,16)(H,17,20)(H,22,23);1H/b18-6-;/t7?,11-;/m1./s1. The van der Waals surface area contributed by atoms with Gasteiger partial charge in [-0.15, -0.1) is 35.5 Å². The Kier molecular flexibility index (Phi) is 6.57. The molecule has 0 radical (unpaired) electrons. The maximum atomic E-state index is 12.5.